The molecule has 0 aliphatic rings. The standard InChI is InChI=1S/C25H24N4O2S/c1-19-28-23(18-32-19)17-31-24-10-7-20(8-11-24)9-12-25(30)26-15-21-5-2-3-6-22(21)16-29-14-4-13-27-29/h2-14,18H,15-17H2,1H3,(H,26,30)/b12-9+. The quantitative estimate of drug-likeness (QED) is 0.383. The van der Waals surface area contributed by atoms with Crippen molar-refractivity contribution in [1.29, 1.82) is 0 Å². The molecule has 0 spiro atoms. The van der Waals surface area contributed by atoms with E-state index in [1.165, 1.54) is 0 Å². The molecular weight excluding hydrogens is 420 g/mol. The number of thiazole rings is 1. The molecule has 2 aromatic carbocycles. The third-order valence-electron chi connectivity index (χ3n) is 4.82. The van der Waals surface area contributed by atoms with Crippen molar-refractivity contribution in [2.45, 2.75) is 26.6 Å². The topological polar surface area (TPSA) is 69.0 Å². The minimum atomic E-state index is -0.141. The number of aryl methyl sites for hydroxylation is 1. The van der Waals surface area contributed by atoms with Crippen molar-refractivity contribution in [3.05, 3.63) is 106 Å². The fourth-order valence-electron chi connectivity index (χ4n) is 3.17. The van der Waals surface area contributed by atoms with Gasteiger partial charge < -0.3 is 10.1 Å². The van der Waals surface area contributed by atoms with Gasteiger partial charge in [0.05, 0.1) is 17.2 Å². The predicted octanol–water partition coefficient (Wildman–Crippen LogP) is 4.60. The van der Waals surface area contributed by atoms with Crippen molar-refractivity contribution in [1.82, 2.24) is 20.1 Å². The van der Waals surface area contributed by atoms with Gasteiger partial charge in [0.25, 0.3) is 0 Å². The highest BCUT2D eigenvalue weighted by atomic mass is 32.1. The van der Waals surface area contributed by atoms with Crippen LogP contribution >= 0.6 is 11.3 Å². The maximum Gasteiger partial charge on any atom is 0.244 e. The number of amides is 1. The molecule has 0 aliphatic carbocycles. The third-order valence-corrected chi connectivity index (χ3v) is 5.65. The minimum Gasteiger partial charge on any atom is -0.487 e. The Balaban J connectivity index is 1.27. The van der Waals surface area contributed by atoms with E-state index >= 15 is 0 Å². The molecule has 2 heterocycles. The zero-order valence-electron chi connectivity index (χ0n) is 17.8. The lowest BCUT2D eigenvalue weighted by Crippen LogP contribution is -2.21. The molecule has 4 rings (SSSR count). The molecule has 0 radical (unpaired) electrons. The Kier molecular flexibility index (Phi) is 7.09. The van der Waals surface area contributed by atoms with Crippen LogP contribution in [0, 0.1) is 6.92 Å². The van der Waals surface area contributed by atoms with E-state index in [4.69, 9.17) is 4.74 Å². The normalized spacial score (nSPS) is 11.0. The van der Waals surface area contributed by atoms with E-state index in [0.29, 0.717) is 19.7 Å². The molecule has 7 heteroatoms. The Morgan fingerprint density at radius 1 is 1.12 bits per heavy atom. The number of benzene rings is 2. The van der Waals surface area contributed by atoms with E-state index in [1.807, 2.05) is 71.7 Å². The lowest BCUT2D eigenvalue weighted by molar-refractivity contribution is -0.116. The number of carbonyl (C=O) groups is 1. The summed E-state index contributed by atoms with van der Waals surface area (Å²) in [7, 11) is 0. The second kappa shape index (κ2) is 10.5. The zero-order chi connectivity index (χ0) is 22.2. The molecule has 0 fully saturated rings. The van der Waals surface area contributed by atoms with Gasteiger partial charge in [0, 0.05) is 30.4 Å². The molecule has 162 valence electrons. The van der Waals surface area contributed by atoms with Crippen LogP contribution in [0.25, 0.3) is 6.08 Å². The fourth-order valence-corrected chi connectivity index (χ4v) is 3.77. The fraction of sp³-hybridized carbons (Fsp3) is 0.160. The first-order valence-corrected chi connectivity index (χ1v) is 11.2. The summed E-state index contributed by atoms with van der Waals surface area (Å²) in [6, 6.07) is 17.6. The molecule has 0 unspecified atom stereocenters. The number of nitrogens with one attached hydrogen (secondary N) is 1. The minimum absolute atomic E-state index is 0.141. The molecule has 4 aromatic rings. The van der Waals surface area contributed by atoms with Crippen molar-refractivity contribution in [2.75, 3.05) is 0 Å². The van der Waals surface area contributed by atoms with Gasteiger partial charge in [-0.25, -0.2) is 4.98 Å². The van der Waals surface area contributed by atoms with Gasteiger partial charge in [0.15, 0.2) is 0 Å². The van der Waals surface area contributed by atoms with E-state index in [2.05, 4.69) is 21.5 Å². The van der Waals surface area contributed by atoms with Gasteiger partial charge in [0.1, 0.15) is 12.4 Å². The number of ether oxygens (including phenoxy) is 1. The number of hydrogen-bond acceptors (Lipinski definition) is 5. The Morgan fingerprint density at radius 3 is 2.66 bits per heavy atom. The summed E-state index contributed by atoms with van der Waals surface area (Å²) in [6.45, 7) is 3.56. The summed E-state index contributed by atoms with van der Waals surface area (Å²) in [5.41, 5.74) is 4.06. The maximum atomic E-state index is 12.3. The van der Waals surface area contributed by atoms with Crippen LogP contribution in [0.3, 0.4) is 0 Å². The van der Waals surface area contributed by atoms with Crippen molar-refractivity contribution < 1.29 is 9.53 Å². The first kappa shape index (κ1) is 21.5. The van der Waals surface area contributed by atoms with Crippen LogP contribution in [0.5, 0.6) is 5.75 Å². The number of aromatic nitrogens is 3. The van der Waals surface area contributed by atoms with E-state index in [9.17, 15) is 4.79 Å². The van der Waals surface area contributed by atoms with E-state index in [0.717, 1.165) is 33.1 Å². The van der Waals surface area contributed by atoms with Gasteiger partial charge in [-0.2, -0.15) is 5.10 Å². The molecule has 0 saturated heterocycles. The number of carbonyl (C=O) groups excluding carboxylic acids is 1. The summed E-state index contributed by atoms with van der Waals surface area (Å²) >= 11 is 1.61. The molecule has 6 nitrogen and oxygen atoms in total. The van der Waals surface area contributed by atoms with Crippen LogP contribution < -0.4 is 10.1 Å². The van der Waals surface area contributed by atoms with Crippen LogP contribution in [-0.4, -0.2) is 20.7 Å². The Morgan fingerprint density at radius 2 is 1.94 bits per heavy atom. The van der Waals surface area contributed by atoms with Crippen molar-refractivity contribution in [3.63, 3.8) is 0 Å². The van der Waals surface area contributed by atoms with E-state index < -0.39 is 0 Å². The molecule has 32 heavy (non-hydrogen) atoms. The molecule has 1 amide bonds. The Labute approximate surface area is 191 Å². The number of hydrogen-bond donors (Lipinski definition) is 1. The predicted molar refractivity (Wildman–Crippen MR) is 126 cm³/mol. The van der Waals surface area contributed by atoms with Crippen molar-refractivity contribution >= 4 is 23.3 Å². The smallest absolute Gasteiger partial charge is 0.244 e. The van der Waals surface area contributed by atoms with Crippen LogP contribution in [-0.2, 0) is 24.5 Å². The monoisotopic (exact) mass is 444 g/mol. The van der Waals surface area contributed by atoms with Crippen LogP contribution in [0.4, 0.5) is 0 Å². The summed E-state index contributed by atoms with van der Waals surface area (Å²) < 4.78 is 7.62. The zero-order valence-corrected chi connectivity index (χ0v) is 18.6. The molecule has 0 saturated carbocycles. The van der Waals surface area contributed by atoms with Crippen LogP contribution in [0.15, 0.2) is 78.4 Å². The molecule has 0 aliphatic heterocycles. The first-order valence-electron chi connectivity index (χ1n) is 10.3. The molecular formula is C25H24N4O2S. The Bertz CT molecular complexity index is 1180. The van der Waals surface area contributed by atoms with Gasteiger partial charge >= 0.3 is 0 Å². The van der Waals surface area contributed by atoms with E-state index in [-0.39, 0.29) is 5.91 Å². The lowest BCUT2D eigenvalue weighted by atomic mass is 10.1. The molecule has 2 aromatic heterocycles. The van der Waals surface area contributed by atoms with Crippen LogP contribution in [0.1, 0.15) is 27.4 Å². The second-order valence-corrected chi connectivity index (χ2v) is 8.30. The first-order chi connectivity index (χ1) is 15.7. The number of nitrogens with zero attached hydrogens (tertiary/aromatic N) is 3. The number of rotatable bonds is 9. The lowest BCUT2D eigenvalue weighted by Gasteiger charge is -2.10. The highest BCUT2D eigenvalue weighted by Gasteiger charge is 2.05. The van der Waals surface area contributed by atoms with Crippen molar-refractivity contribution in [3.8, 4) is 5.75 Å². The van der Waals surface area contributed by atoms with Gasteiger partial charge in [-0.15, -0.1) is 11.3 Å². The van der Waals surface area contributed by atoms with E-state index in [1.54, 1.807) is 29.7 Å². The van der Waals surface area contributed by atoms with Gasteiger partial charge in [-0.1, -0.05) is 36.4 Å². The van der Waals surface area contributed by atoms with Gasteiger partial charge in [-0.05, 0) is 47.9 Å². The van der Waals surface area contributed by atoms with Crippen molar-refractivity contribution in [2.24, 2.45) is 0 Å². The van der Waals surface area contributed by atoms with Gasteiger partial charge in [0.2, 0.25) is 5.91 Å². The second-order valence-electron chi connectivity index (χ2n) is 7.24. The Hall–Kier alpha value is -3.71. The molecule has 0 bridgehead atoms. The molecule has 1 N–H and O–H groups in total. The summed E-state index contributed by atoms with van der Waals surface area (Å²) in [6.07, 6.45) is 7.02. The summed E-state index contributed by atoms with van der Waals surface area (Å²) in [5.74, 6) is 0.629. The largest absolute Gasteiger partial charge is 0.487 e. The highest BCUT2D eigenvalue weighted by molar-refractivity contribution is 7.09. The van der Waals surface area contributed by atoms with Gasteiger partial charge in [-0.3, -0.25) is 9.48 Å². The van der Waals surface area contributed by atoms with Crippen LogP contribution in [0.2, 0.25) is 0 Å². The summed E-state index contributed by atoms with van der Waals surface area (Å²) in [4.78, 5) is 16.7. The average molecular weight is 445 g/mol. The molecule has 0 atom stereocenters. The average Bonchev–Trinajstić information content (AvgIpc) is 3.48. The summed E-state index contributed by atoms with van der Waals surface area (Å²) in [5, 5.41) is 10.2. The SMILES string of the molecule is Cc1nc(COc2ccc(/C=C/C(=O)NCc3ccccc3Cn3cccn3)cc2)cs1. The maximum absolute atomic E-state index is 12.3. The third kappa shape index (κ3) is 6.15. The highest BCUT2D eigenvalue weighted by Crippen LogP contribution is 2.16.